The highest BCUT2D eigenvalue weighted by Crippen LogP contribution is 2.63. The Balaban J connectivity index is 1.20. The summed E-state index contributed by atoms with van der Waals surface area (Å²) >= 11 is 0. The number of aliphatic hydroxyl groups is 1. The van der Waals surface area contributed by atoms with E-state index in [0.29, 0.717) is 47.6 Å². The zero-order valence-electron chi connectivity index (χ0n) is 33.9. The molecule has 10 rings (SSSR count). The summed E-state index contributed by atoms with van der Waals surface area (Å²) in [5.41, 5.74) is 14.5. The fraction of sp³-hybridized carbons (Fsp3) is 0.429. The molecule has 0 radical (unpaired) electrons. The van der Waals surface area contributed by atoms with Gasteiger partial charge in [-0.05, 0) is 97.2 Å². The molecule has 11 heteroatoms. The minimum Gasteiger partial charge on any atom is -0.508 e. The van der Waals surface area contributed by atoms with E-state index in [1.165, 1.54) is 26.2 Å². The SMILES string of the molecule is CC(=O)OC[C@H]1c2ccc3c4c2O[C@@H]1c1c(cc(O)c2c1C=C[C@@H](NC1CCCCC1)CO2)CC#Cc1nc(N)ccc1C[C@H]1CC[C@]4(Cc2cc(O)cc(OCO)c2-3)C1. The number of benzene rings is 3. The van der Waals surface area contributed by atoms with Gasteiger partial charge in [0.25, 0.3) is 0 Å². The molecule has 6 aliphatic rings. The number of anilines is 1. The molecule has 4 bridgehead atoms. The first kappa shape index (κ1) is 38.5. The summed E-state index contributed by atoms with van der Waals surface area (Å²) in [4.78, 5) is 17.3. The van der Waals surface area contributed by atoms with Gasteiger partial charge in [0.15, 0.2) is 18.3 Å². The highest BCUT2D eigenvalue weighted by Gasteiger charge is 2.51. The van der Waals surface area contributed by atoms with E-state index in [-0.39, 0.29) is 41.9 Å². The molecule has 0 amide bonds. The van der Waals surface area contributed by atoms with E-state index in [2.05, 4.69) is 41.4 Å². The highest BCUT2D eigenvalue weighted by molar-refractivity contribution is 5.84. The van der Waals surface area contributed by atoms with E-state index in [4.69, 9.17) is 29.7 Å². The fourth-order valence-corrected chi connectivity index (χ4v) is 11.3. The van der Waals surface area contributed by atoms with Crippen molar-refractivity contribution in [3.63, 3.8) is 0 Å². The number of rotatable bonds is 6. The summed E-state index contributed by atoms with van der Waals surface area (Å²) in [5.74, 6) is 8.27. The number of aliphatic hydroxyl groups excluding tert-OH is 1. The standard InChI is InChI=1S/C49H51N3O8/c1-27(54)57-25-38-35-13-14-36-43-31(19-34(55)21-41(43)59-26-53)23-49-17-16-28(22-49)18-29-10-15-42(50)52-39(29)9-5-6-30-20-40(56)46-37(44(30)47(38)60-48(35)45(36)49)12-11-33(24-58-46)51-32-7-3-2-4-8-32/h10-15,19-21,28,32-33,38,47,51,53,55-56H,2-4,6-8,16-18,22-26H2,1H3,(H2,50,52)/t28-,33-,38+,47+,49-/m1/s1. The smallest absolute Gasteiger partial charge is 0.302 e. The summed E-state index contributed by atoms with van der Waals surface area (Å²) in [6.45, 7) is 1.29. The van der Waals surface area contributed by atoms with Crippen molar-refractivity contribution >= 4 is 17.9 Å². The molecule has 1 aromatic heterocycles. The normalized spacial score (nSPS) is 24.7. The number of nitrogen functional groups attached to an aromatic ring is 1. The lowest BCUT2D eigenvalue weighted by Crippen LogP contribution is -2.41. The lowest BCUT2D eigenvalue weighted by Gasteiger charge is -2.39. The lowest BCUT2D eigenvalue weighted by atomic mass is 9.65. The number of nitrogens with two attached hydrogens (primary N) is 1. The van der Waals surface area contributed by atoms with Crippen LogP contribution in [-0.4, -0.2) is 58.4 Å². The molecule has 11 nitrogen and oxygen atoms in total. The average Bonchev–Trinajstić information content (AvgIpc) is 3.72. The van der Waals surface area contributed by atoms with E-state index in [1.807, 2.05) is 18.2 Å². The van der Waals surface area contributed by atoms with Gasteiger partial charge in [0, 0.05) is 58.7 Å². The van der Waals surface area contributed by atoms with Gasteiger partial charge in [0.2, 0.25) is 0 Å². The minimum absolute atomic E-state index is 0.0196. The Morgan fingerprint density at radius 2 is 1.92 bits per heavy atom. The van der Waals surface area contributed by atoms with Crippen molar-refractivity contribution in [2.75, 3.05) is 25.7 Å². The summed E-state index contributed by atoms with van der Waals surface area (Å²) in [6.07, 6.45) is 13.8. The average molecular weight is 810 g/mol. The molecule has 5 atom stereocenters. The number of hydrogen-bond acceptors (Lipinski definition) is 11. The molecular formula is C49H51N3O8. The van der Waals surface area contributed by atoms with E-state index < -0.39 is 24.8 Å². The van der Waals surface area contributed by atoms with Crippen molar-refractivity contribution in [3.05, 3.63) is 93.2 Å². The van der Waals surface area contributed by atoms with Gasteiger partial charge in [-0.3, -0.25) is 4.79 Å². The largest absolute Gasteiger partial charge is 0.508 e. The molecule has 2 fully saturated rings. The van der Waals surface area contributed by atoms with Crippen molar-refractivity contribution in [3.8, 4) is 51.7 Å². The van der Waals surface area contributed by atoms with E-state index in [9.17, 15) is 20.1 Å². The van der Waals surface area contributed by atoms with E-state index >= 15 is 0 Å². The Kier molecular flexibility index (Phi) is 9.88. The number of fused-ring (bicyclic) bond motifs is 9. The lowest BCUT2D eigenvalue weighted by molar-refractivity contribution is -0.141. The topological polar surface area (TPSA) is 166 Å². The first-order valence-electron chi connectivity index (χ1n) is 21.5. The maximum atomic E-state index is 12.6. The Labute approximate surface area is 349 Å². The van der Waals surface area contributed by atoms with Gasteiger partial charge in [-0.15, -0.1) is 0 Å². The fourth-order valence-electron chi connectivity index (χ4n) is 11.3. The second-order valence-corrected chi connectivity index (χ2v) is 17.6. The van der Waals surface area contributed by atoms with Crippen LogP contribution in [0.1, 0.15) is 115 Å². The Morgan fingerprint density at radius 1 is 1.05 bits per heavy atom. The molecule has 3 aliphatic carbocycles. The van der Waals surface area contributed by atoms with Crippen LogP contribution in [0.4, 0.5) is 5.82 Å². The minimum atomic E-state index is -0.650. The third kappa shape index (κ3) is 6.80. The number of nitrogens with zero attached hydrogens (tertiary/aromatic N) is 1. The summed E-state index contributed by atoms with van der Waals surface area (Å²) in [6, 6.07) is 13.5. The zero-order valence-corrected chi connectivity index (χ0v) is 33.9. The van der Waals surface area contributed by atoms with Crippen LogP contribution in [-0.2, 0) is 34.2 Å². The molecule has 1 spiro atoms. The van der Waals surface area contributed by atoms with E-state index in [0.717, 1.165) is 88.8 Å². The first-order chi connectivity index (χ1) is 29.2. The first-order valence-corrected chi connectivity index (χ1v) is 21.5. The predicted molar refractivity (Wildman–Crippen MR) is 226 cm³/mol. The quantitative estimate of drug-likeness (QED) is 0.0755. The van der Waals surface area contributed by atoms with Crippen LogP contribution >= 0.6 is 0 Å². The number of aromatic hydroxyl groups is 2. The van der Waals surface area contributed by atoms with Crippen molar-refractivity contribution in [2.45, 2.75) is 107 Å². The Hall–Kier alpha value is -5.70. The van der Waals surface area contributed by atoms with Crippen LogP contribution in [0.25, 0.3) is 17.2 Å². The second kappa shape index (κ2) is 15.4. The van der Waals surface area contributed by atoms with Crippen molar-refractivity contribution in [1.29, 1.82) is 0 Å². The number of aromatic nitrogens is 1. The molecule has 2 saturated carbocycles. The summed E-state index contributed by atoms with van der Waals surface area (Å²) in [5, 5.41) is 36.4. The molecule has 0 unspecified atom stereocenters. The summed E-state index contributed by atoms with van der Waals surface area (Å²) < 4.78 is 25.7. The molecule has 3 aliphatic heterocycles. The monoisotopic (exact) mass is 809 g/mol. The number of ether oxygens (including phenoxy) is 4. The van der Waals surface area contributed by atoms with Gasteiger partial charge < -0.3 is 45.3 Å². The maximum Gasteiger partial charge on any atom is 0.302 e. The van der Waals surface area contributed by atoms with Crippen LogP contribution in [0, 0.1) is 17.8 Å². The number of carbonyl (C=O) groups is 1. The number of hydrogen-bond donors (Lipinski definition) is 5. The van der Waals surface area contributed by atoms with Crippen LogP contribution in [0.5, 0.6) is 28.7 Å². The van der Waals surface area contributed by atoms with E-state index in [1.54, 1.807) is 12.1 Å². The predicted octanol–water partition coefficient (Wildman–Crippen LogP) is 7.29. The van der Waals surface area contributed by atoms with Gasteiger partial charge in [-0.2, -0.15) is 0 Å². The van der Waals surface area contributed by atoms with Crippen LogP contribution in [0.3, 0.4) is 0 Å². The number of nitrogens with one attached hydrogen (secondary N) is 1. The molecule has 310 valence electrons. The van der Waals surface area contributed by atoms with Crippen molar-refractivity contribution in [2.24, 2.45) is 5.92 Å². The van der Waals surface area contributed by atoms with Gasteiger partial charge in [0.05, 0.1) is 12.0 Å². The third-order valence-electron chi connectivity index (χ3n) is 13.8. The molecular weight excluding hydrogens is 759 g/mol. The van der Waals surface area contributed by atoms with Gasteiger partial charge in [0.1, 0.15) is 48.1 Å². The molecule has 4 heterocycles. The Bertz CT molecular complexity index is 2480. The Morgan fingerprint density at radius 3 is 2.75 bits per heavy atom. The summed E-state index contributed by atoms with van der Waals surface area (Å²) in [7, 11) is 0. The maximum absolute atomic E-state index is 12.6. The molecule has 3 aromatic carbocycles. The number of carbonyl (C=O) groups excluding carboxylic acids is 1. The third-order valence-corrected chi connectivity index (χ3v) is 13.8. The van der Waals surface area contributed by atoms with Gasteiger partial charge in [-0.25, -0.2) is 4.98 Å². The number of phenolic OH excluding ortho intramolecular Hbond substituents is 2. The number of pyridine rings is 1. The second-order valence-electron chi connectivity index (χ2n) is 17.6. The number of esters is 1. The van der Waals surface area contributed by atoms with Crippen LogP contribution in [0.2, 0.25) is 0 Å². The van der Waals surface area contributed by atoms with Gasteiger partial charge in [-0.1, -0.05) is 55.5 Å². The van der Waals surface area contributed by atoms with Crippen molar-refractivity contribution in [1.82, 2.24) is 10.3 Å². The van der Waals surface area contributed by atoms with Crippen LogP contribution in [0.15, 0.2) is 48.5 Å². The molecule has 0 saturated heterocycles. The van der Waals surface area contributed by atoms with Gasteiger partial charge >= 0.3 is 5.97 Å². The zero-order chi connectivity index (χ0) is 41.1. The molecule has 4 aromatic rings. The highest BCUT2D eigenvalue weighted by atomic mass is 16.6. The molecule has 60 heavy (non-hydrogen) atoms. The number of phenols is 2. The van der Waals surface area contributed by atoms with Crippen LogP contribution < -0.4 is 25.3 Å². The molecule has 6 N–H and O–H groups in total. The van der Waals surface area contributed by atoms with Crippen molar-refractivity contribution < 1.29 is 39.1 Å².